The van der Waals surface area contributed by atoms with E-state index in [-0.39, 0.29) is 30.3 Å². The van der Waals surface area contributed by atoms with Crippen molar-refractivity contribution in [1.29, 1.82) is 0 Å². The summed E-state index contributed by atoms with van der Waals surface area (Å²) in [6.45, 7) is 12.0. The first-order chi connectivity index (χ1) is 17.1. The molecule has 9 heteroatoms. The van der Waals surface area contributed by atoms with Crippen LogP contribution in [0.5, 0.6) is 0 Å². The van der Waals surface area contributed by atoms with Gasteiger partial charge in [-0.1, -0.05) is 27.7 Å². The number of fused-ring (bicyclic) bond motifs is 1. The molecule has 1 saturated heterocycles. The van der Waals surface area contributed by atoms with Crippen molar-refractivity contribution in [1.82, 2.24) is 9.88 Å². The molecule has 3 heterocycles. The van der Waals surface area contributed by atoms with Gasteiger partial charge in [-0.25, -0.2) is 4.98 Å². The molecule has 2 N–H and O–H groups in total. The summed E-state index contributed by atoms with van der Waals surface area (Å²) in [6, 6.07) is -0.343. The van der Waals surface area contributed by atoms with Gasteiger partial charge in [0.15, 0.2) is 5.78 Å². The number of ketones is 2. The first-order valence-electron chi connectivity index (χ1n) is 12.8. The third-order valence-corrected chi connectivity index (χ3v) is 8.91. The Kier molecular flexibility index (Phi) is 8.64. The summed E-state index contributed by atoms with van der Waals surface area (Å²) < 4.78 is 5.97. The zero-order valence-electron chi connectivity index (χ0n) is 23.0. The highest BCUT2D eigenvalue weighted by molar-refractivity contribution is 7.09. The number of hydrogen-bond donors (Lipinski definition) is 2. The van der Waals surface area contributed by atoms with Crippen LogP contribution in [-0.4, -0.2) is 74.6 Å². The van der Waals surface area contributed by atoms with Gasteiger partial charge in [0.1, 0.15) is 11.4 Å². The molecule has 1 fully saturated rings. The van der Waals surface area contributed by atoms with E-state index in [2.05, 4.69) is 4.98 Å². The van der Waals surface area contributed by atoms with Crippen LogP contribution in [0.15, 0.2) is 23.1 Å². The summed E-state index contributed by atoms with van der Waals surface area (Å²) in [4.78, 5) is 45.6. The molecule has 37 heavy (non-hydrogen) atoms. The van der Waals surface area contributed by atoms with E-state index < -0.39 is 40.8 Å². The molecule has 3 rings (SSSR count). The third kappa shape index (κ3) is 6.28. The predicted octanol–water partition coefficient (Wildman–Crippen LogP) is 3.35. The summed E-state index contributed by atoms with van der Waals surface area (Å²) >= 11 is 1.55. The molecule has 204 valence electrons. The number of carbonyl (C=O) groups excluding carboxylic acids is 3. The Hall–Kier alpha value is -2.20. The molecule has 8 nitrogen and oxygen atoms in total. The Labute approximate surface area is 223 Å². The van der Waals surface area contributed by atoms with Crippen LogP contribution in [0.1, 0.15) is 65.1 Å². The van der Waals surface area contributed by atoms with Gasteiger partial charge in [0.05, 0.1) is 46.9 Å². The Morgan fingerprint density at radius 3 is 2.43 bits per heavy atom. The van der Waals surface area contributed by atoms with Crippen molar-refractivity contribution in [3.8, 4) is 0 Å². The zero-order valence-corrected chi connectivity index (χ0v) is 23.8. The first-order valence-corrected chi connectivity index (χ1v) is 13.6. The highest BCUT2D eigenvalue weighted by atomic mass is 32.1. The normalized spacial score (nSPS) is 36.9. The van der Waals surface area contributed by atoms with Crippen LogP contribution in [0.2, 0.25) is 0 Å². The van der Waals surface area contributed by atoms with Gasteiger partial charge in [-0.2, -0.15) is 0 Å². The number of aliphatic hydroxyl groups excluding tert-OH is 2. The molecule has 0 aliphatic carbocycles. The largest absolute Gasteiger partial charge is 0.392 e. The number of epoxide rings is 1. The van der Waals surface area contributed by atoms with Crippen molar-refractivity contribution in [3.63, 3.8) is 0 Å². The number of aryl methyl sites for hydroxylation is 1. The lowest BCUT2D eigenvalue weighted by Gasteiger charge is -2.35. The lowest BCUT2D eigenvalue weighted by molar-refractivity contribution is -0.145. The molecule has 1 aromatic rings. The fraction of sp³-hybridized carbons (Fsp3) is 0.643. The van der Waals surface area contributed by atoms with Crippen LogP contribution in [0.4, 0.5) is 0 Å². The van der Waals surface area contributed by atoms with E-state index in [0.29, 0.717) is 6.42 Å². The fourth-order valence-corrected chi connectivity index (χ4v) is 5.54. The smallest absolute Gasteiger partial charge is 0.225 e. The molecule has 0 aromatic carbocycles. The average Bonchev–Trinajstić information content (AvgIpc) is 3.30. The van der Waals surface area contributed by atoms with E-state index >= 15 is 0 Å². The van der Waals surface area contributed by atoms with Crippen LogP contribution >= 0.6 is 11.3 Å². The average molecular weight is 533 g/mol. The summed E-state index contributed by atoms with van der Waals surface area (Å²) in [6.07, 6.45) is 2.58. The Morgan fingerprint density at radius 1 is 1.19 bits per heavy atom. The molecule has 7 atom stereocenters. The second-order valence-corrected chi connectivity index (χ2v) is 12.4. The van der Waals surface area contributed by atoms with Gasteiger partial charge in [-0.15, -0.1) is 11.3 Å². The molecule has 2 aliphatic heterocycles. The van der Waals surface area contributed by atoms with E-state index in [0.717, 1.165) is 16.3 Å². The third-order valence-electron chi connectivity index (χ3n) is 8.12. The maximum absolute atomic E-state index is 13.4. The minimum atomic E-state index is -1.30. The van der Waals surface area contributed by atoms with Crippen molar-refractivity contribution in [2.24, 2.45) is 17.3 Å². The molecule has 1 amide bonds. The number of ether oxygens (including phenoxy) is 1. The zero-order chi connectivity index (χ0) is 27.9. The summed E-state index contributed by atoms with van der Waals surface area (Å²) in [5.41, 5.74) is -0.259. The Morgan fingerprint density at radius 2 is 1.84 bits per heavy atom. The molecular weight excluding hydrogens is 492 g/mol. The Balaban J connectivity index is 1.99. The summed E-state index contributed by atoms with van der Waals surface area (Å²) in [5, 5.41) is 24.7. The van der Waals surface area contributed by atoms with E-state index in [1.165, 1.54) is 6.08 Å². The quantitative estimate of drug-likeness (QED) is 0.561. The summed E-state index contributed by atoms with van der Waals surface area (Å²) in [5.74, 6) is -2.72. The predicted molar refractivity (Wildman–Crippen MR) is 143 cm³/mol. The maximum atomic E-state index is 13.4. The molecule has 0 saturated carbocycles. The molecule has 0 radical (unpaired) electrons. The number of amides is 1. The van der Waals surface area contributed by atoms with E-state index in [1.54, 1.807) is 57.1 Å². The van der Waals surface area contributed by atoms with Gasteiger partial charge in [-0.05, 0) is 44.6 Å². The number of rotatable bonds is 2. The van der Waals surface area contributed by atoms with Crippen LogP contribution < -0.4 is 0 Å². The second-order valence-electron chi connectivity index (χ2n) is 11.3. The lowest BCUT2D eigenvalue weighted by Crippen LogP contribution is -2.48. The van der Waals surface area contributed by atoms with Crippen molar-refractivity contribution in [3.05, 3.63) is 33.8 Å². The first kappa shape index (κ1) is 29.4. The van der Waals surface area contributed by atoms with Crippen LogP contribution in [0.3, 0.4) is 0 Å². The minimum absolute atomic E-state index is 0.229. The highest BCUT2D eigenvalue weighted by Crippen LogP contribution is 2.42. The number of Topliss-reactive ketones (excluding diaryl/α,β-unsaturated/α-hetero) is 1. The number of allylic oxidation sites excluding steroid dienone is 1. The molecular formula is C28H40N2O6S. The SMILES string of the molecule is CC(=Cc1csc(C)n1)[C@@H]1C[C@@H]2O[C@]2(C)/C=C/C(=O)[C@H](C)[C@H](O)[C@@H](C)C(=O)C(C)(C)[C@@H](O)CC(=O)N1C. The van der Waals surface area contributed by atoms with Crippen LogP contribution in [0.25, 0.3) is 6.08 Å². The van der Waals surface area contributed by atoms with E-state index in [1.807, 2.05) is 32.2 Å². The van der Waals surface area contributed by atoms with Crippen molar-refractivity contribution in [2.75, 3.05) is 7.05 Å². The maximum Gasteiger partial charge on any atom is 0.225 e. The van der Waals surface area contributed by atoms with Gasteiger partial charge >= 0.3 is 0 Å². The van der Waals surface area contributed by atoms with Gasteiger partial charge in [0.2, 0.25) is 5.91 Å². The molecule has 1 aromatic heterocycles. The Bertz CT molecular complexity index is 1110. The fourth-order valence-electron chi connectivity index (χ4n) is 4.97. The van der Waals surface area contributed by atoms with Crippen molar-refractivity contribution in [2.45, 2.75) is 91.3 Å². The number of carbonyl (C=O) groups is 3. The number of hydrogen-bond acceptors (Lipinski definition) is 8. The number of likely N-dealkylation sites (N-methyl/N-ethyl adjacent to an activating group) is 1. The van der Waals surface area contributed by atoms with Gasteiger partial charge in [0, 0.05) is 30.7 Å². The minimum Gasteiger partial charge on any atom is -0.392 e. The molecule has 2 aliphatic rings. The van der Waals surface area contributed by atoms with E-state index in [4.69, 9.17) is 4.74 Å². The van der Waals surface area contributed by atoms with Crippen LogP contribution in [0, 0.1) is 24.2 Å². The molecule has 0 spiro atoms. The summed E-state index contributed by atoms with van der Waals surface area (Å²) in [7, 11) is 1.69. The number of nitrogens with zero attached hydrogens (tertiary/aromatic N) is 2. The van der Waals surface area contributed by atoms with Gasteiger partial charge in [-0.3, -0.25) is 14.4 Å². The van der Waals surface area contributed by atoms with Crippen molar-refractivity contribution >= 4 is 34.9 Å². The second kappa shape index (κ2) is 10.9. The number of aliphatic hydroxyl groups is 2. The molecule has 0 bridgehead atoms. The van der Waals surface area contributed by atoms with Gasteiger partial charge in [0.25, 0.3) is 0 Å². The lowest BCUT2D eigenvalue weighted by atomic mass is 9.73. The monoisotopic (exact) mass is 532 g/mol. The van der Waals surface area contributed by atoms with E-state index in [9.17, 15) is 24.6 Å². The van der Waals surface area contributed by atoms with Gasteiger partial charge < -0.3 is 19.8 Å². The topological polar surface area (TPSA) is 120 Å². The highest BCUT2D eigenvalue weighted by Gasteiger charge is 2.52. The molecule has 0 unspecified atom stereocenters. The standard InChI is InChI=1S/C28H40N2O6S/c1-15(11-19-14-37-18(4)29-19)20-12-23-28(7,36-23)10-9-21(31)16(2)25(34)17(3)26(35)27(5,6)22(32)13-24(33)30(20)8/h9-11,14,16-17,20,22-23,25,32,34H,12-13H2,1-8H3/b10-9+,15-11?/t16-,17+,20-,22-,23-,25-,28+/m0/s1. The van der Waals surface area contributed by atoms with Crippen molar-refractivity contribution < 1.29 is 29.3 Å². The van der Waals surface area contributed by atoms with Crippen LogP contribution in [-0.2, 0) is 19.1 Å². The number of aromatic nitrogens is 1. The number of thiazole rings is 1.